The summed E-state index contributed by atoms with van der Waals surface area (Å²) >= 11 is 0. The molecule has 2 fully saturated rings. The summed E-state index contributed by atoms with van der Waals surface area (Å²) in [6.45, 7) is 2.78. The minimum atomic E-state index is -0.629. The first-order valence-electron chi connectivity index (χ1n) is 7.26. The molecule has 1 aromatic carbocycles. The highest BCUT2D eigenvalue weighted by atomic mass is 16.4. The number of nitrogens with zero attached hydrogens (tertiary/aromatic N) is 1. The Labute approximate surface area is 114 Å². The third kappa shape index (κ3) is 3.16. The highest BCUT2D eigenvalue weighted by molar-refractivity contribution is 5.70. The van der Waals surface area contributed by atoms with Gasteiger partial charge in [0.1, 0.15) is 0 Å². The van der Waals surface area contributed by atoms with Gasteiger partial charge in [-0.15, -0.1) is 0 Å². The molecule has 0 radical (unpaired) electrons. The molecule has 19 heavy (non-hydrogen) atoms. The number of rotatable bonds is 4. The van der Waals surface area contributed by atoms with Gasteiger partial charge in [0.15, 0.2) is 0 Å². The molecule has 3 rings (SSSR count). The van der Waals surface area contributed by atoms with E-state index in [1.807, 2.05) is 0 Å². The third-order valence-electron chi connectivity index (χ3n) is 4.34. The van der Waals surface area contributed by atoms with Gasteiger partial charge < -0.3 is 5.11 Å². The van der Waals surface area contributed by atoms with Crippen molar-refractivity contribution in [2.75, 3.05) is 13.1 Å². The summed E-state index contributed by atoms with van der Waals surface area (Å²) in [4.78, 5) is 13.3. The quantitative estimate of drug-likeness (QED) is 0.904. The molecule has 2 aliphatic rings. The van der Waals surface area contributed by atoms with E-state index in [-0.39, 0.29) is 5.92 Å². The number of carboxylic acid groups (broad SMARTS) is 1. The van der Waals surface area contributed by atoms with Crippen LogP contribution in [0.15, 0.2) is 24.3 Å². The van der Waals surface area contributed by atoms with E-state index >= 15 is 0 Å². The minimum absolute atomic E-state index is 0.131. The Morgan fingerprint density at radius 1 is 1.21 bits per heavy atom. The molecular weight excluding hydrogens is 238 g/mol. The van der Waals surface area contributed by atoms with Gasteiger partial charge in [-0.3, -0.25) is 9.69 Å². The lowest BCUT2D eigenvalue weighted by molar-refractivity contribution is -0.143. The number of aliphatic carboxylic acids is 1. The molecule has 1 aliphatic carbocycles. The number of carbonyl (C=O) groups is 1. The van der Waals surface area contributed by atoms with Gasteiger partial charge in [0.2, 0.25) is 0 Å². The van der Waals surface area contributed by atoms with Gasteiger partial charge in [0.25, 0.3) is 0 Å². The Hall–Kier alpha value is -1.35. The van der Waals surface area contributed by atoms with Crippen LogP contribution in [0.5, 0.6) is 0 Å². The van der Waals surface area contributed by atoms with Crippen molar-refractivity contribution >= 4 is 5.97 Å². The van der Waals surface area contributed by atoms with E-state index in [1.165, 1.54) is 24.0 Å². The van der Waals surface area contributed by atoms with Crippen LogP contribution in [-0.4, -0.2) is 29.1 Å². The number of carboxylic acids is 1. The van der Waals surface area contributed by atoms with E-state index in [4.69, 9.17) is 5.11 Å². The lowest BCUT2D eigenvalue weighted by atomic mass is 9.96. The van der Waals surface area contributed by atoms with Crippen molar-refractivity contribution in [2.45, 2.75) is 38.1 Å². The van der Waals surface area contributed by atoms with Crippen LogP contribution in [0, 0.1) is 5.92 Å². The smallest absolute Gasteiger partial charge is 0.306 e. The first-order chi connectivity index (χ1) is 9.22. The van der Waals surface area contributed by atoms with Gasteiger partial charge in [-0.25, -0.2) is 0 Å². The van der Waals surface area contributed by atoms with Gasteiger partial charge in [-0.1, -0.05) is 24.3 Å². The van der Waals surface area contributed by atoms with Crippen molar-refractivity contribution in [3.05, 3.63) is 35.4 Å². The van der Waals surface area contributed by atoms with Gasteiger partial charge in [0, 0.05) is 6.54 Å². The normalized spacial score (nSPS) is 21.5. The van der Waals surface area contributed by atoms with Gasteiger partial charge in [0.05, 0.1) is 5.92 Å². The molecule has 3 nitrogen and oxygen atoms in total. The summed E-state index contributed by atoms with van der Waals surface area (Å²) in [5.74, 6) is 0.0436. The SMILES string of the molecule is O=C(O)C1CCN(Cc2cccc(C3CC3)c2)CC1. The number of likely N-dealkylation sites (tertiary alicyclic amines) is 1. The monoisotopic (exact) mass is 259 g/mol. The zero-order valence-electron chi connectivity index (χ0n) is 11.2. The molecular formula is C16H21NO2. The van der Waals surface area contributed by atoms with Crippen LogP contribution in [0.1, 0.15) is 42.7 Å². The molecule has 1 aliphatic heterocycles. The van der Waals surface area contributed by atoms with Crippen LogP contribution in [0.25, 0.3) is 0 Å². The molecule has 1 saturated carbocycles. The Balaban J connectivity index is 1.57. The summed E-state index contributed by atoms with van der Waals surface area (Å²) in [5.41, 5.74) is 2.86. The average Bonchev–Trinajstić information content (AvgIpc) is 3.24. The van der Waals surface area contributed by atoms with Crippen molar-refractivity contribution in [3.8, 4) is 0 Å². The number of hydrogen-bond donors (Lipinski definition) is 1. The predicted octanol–water partition coefficient (Wildman–Crippen LogP) is 2.86. The zero-order valence-corrected chi connectivity index (χ0v) is 11.2. The van der Waals surface area contributed by atoms with E-state index < -0.39 is 5.97 Å². The molecule has 0 spiro atoms. The molecule has 1 aromatic rings. The van der Waals surface area contributed by atoms with Crippen LogP contribution < -0.4 is 0 Å². The molecule has 1 heterocycles. The summed E-state index contributed by atoms with van der Waals surface area (Å²) in [5, 5.41) is 9.00. The molecule has 102 valence electrons. The lowest BCUT2D eigenvalue weighted by Crippen LogP contribution is -2.35. The van der Waals surface area contributed by atoms with E-state index in [0.717, 1.165) is 38.4 Å². The van der Waals surface area contributed by atoms with Crippen LogP contribution >= 0.6 is 0 Å². The van der Waals surface area contributed by atoms with Gasteiger partial charge in [-0.2, -0.15) is 0 Å². The molecule has 1 N–H and O–H groups in total. The third-order valence-corrected chi connectivity index (χ3v) is 4.34. The molecule has 0 aromatic heterocycles. The molecule has 0 atom stereocenters. The van der Waals surface area contributed by atoms with Crippen molar-refractivity contribution < 1.29 is 9.90 Å². The number of benzene rings is 1. The maximum atomic E-state index is 10.9. The fraction of sp³-hybridized carbons (Fsp3) is 0.562. The first-order valence-corrected chi connectivity index (χ1v) is 7.26. The topological polar surface area (TPSA) is 40.5 Å². The zero-order chi connectivity index (χ0) is 13.2. The summed E-state index contributed by atoms with van der Waals surface area (Å²) in [6.07, 6.45) is 4.26. The predicted molar refractivity (Wildman–Crippen MR) is 74.1 cm³/mol. The van der Waals surface area contributed by atoms with Crippen molar-refractivity contribution in [1.82, 2.24) is 4.90 Å². The second-order valence-electron chi connectivity index (χ2n) is 5.91. The fourth-order valence-corrected chi connectivity index (χ4v) is 2.96. The van der Waals surface area contributed by atoms with Crippen LogP contribution in [0.2, 0.25) is 0 Å². The fourth-order valence-electron chi connectivity index (χ4n) is 2.96. The molecule has 3 heteroatoms. The second kappa shape index (κ2) is 5.33. The van der Waals surface area contributed by atoms with Crippen LogP contribution in [0.3, 0.4) is 0 Å². The average molecular weight is 259 g/mol. The summed E-state index contributed by atoms with van der Waals surface area (Å²) in [7, 11) is 0. The molecule has 0 amide bonds. The maximum Gasteiger partial charge on any atom is 0.306 e. The van der Waals surface area contributed by atoms with Crippen molar-refractivity contribution in [1.29, 1.82) is 0 Å². The maximum absolute atomic E-state index is 10.9. The lowest BCUT2D eigenvalue weighted by Gasteiger charge is -2.30. The van der Waals surface area contributed by atoms with E-state index in [1.54, 1.807) is 0 Å². The highest BCUT2D eigenvalue weighted by Crippen LogP contribution is 2.40. The highest BCUT2D eigenvalue weighted by Gasteiger charge is 2.25. The number of piperidine rings is 1. The second-order valence-corrected chi connectivity index (χ2v) is 5.91. The van der Waals surface area contributed by atoms with E-state index in [9.17, 15) is 4.79 Å². The summed E-state index contributed by atoms with van der Waals surface area (Å²) in [6, 6.07) is 8.92. The summed E-state index contributed by atoms with van der Waals surface area (Å²) < 4.78 is 0. The Morgan fingerprint density at radius 2 is 1.95 bits per heavy atom. The minimum Gasteiger partial charge on any atom is -0.481 e. The number of hydrogen-bond acceptors (Lipinski definition) is 2. The first kappa shape index (κ1) is 12.7. The van der Waals surface area contributed by atoms with Gasteiger partial charge >= 0.3 is 5.97 Å². The largest absolute Gasteiger partial charge is 0.481 e. The Bertz CT molecular complexity index is 460. The molecule has 1 saturated heterocycles. The standard InChI is InChI=1S/C16H21NO2/c18-16(19)14-6-8-17(9-7-14)11-12-2-1-3-15(10-12)13-4-5-13/h1-3,10,13-14H,4-9,11H2,(H,18,19). The molecule has 0 bridgehead atoms. The van der Waals surface area contributed by atoms with E-state index in [2.05, 4.69) is 29.2 Å². The Morgan fingerprint density at radius 3 is 2.58 bits per heavy atom. The molecule has 0 unspecified atom stereocenters. The van der Waals surface area contributed by atoms with Crippen molar-refractivity contribution in [3.63, 3.8) is 0 Å². The Kier molecular flexibility index (Phi) is 3.56. The van der Waals surface area contributed by atoms with Crippen LogP contribution in [0.4, 0.5) is 0 Å². The van der Waals surface area contributed by atoms with Gasteiger partial charge in [-0.05, 0) is 55.8 Å². The van der Waals surface area contributed by atoms with Crippen LogP contribution in [-0.2, 0) is 11.3 Å². The van der Waals surface area contributed by atoms with Crippen molar-refractivity contribution in [2.24, 2.45) is 5.92 Å². The van der Waals surface area contributed by atoms with E-state index in [0.29, 0.717) is 0 Å².